The van der Waals surface area contributed by atoms with E-state index in [1.165, 1.54) is 0 Å². The molecule has 0 spiro atoms. The van der Waals surface area contributed by atoms with Gasteiger partial charge in [-0.15, -0.1) is 0 Å². The third-order valence-electron chi connectivity index (χ3n) is 4.90. The molecule has 4 rings (SSSR count). The number of nitrogens with one attached hydrogen (secondary N) is 2. The summed E-state index contributed by atoms with van der Waals surface area (Å²) in [5, 5.41) is 4.76. The van der Waals surface area contributed by atoms with Crippen LogP contribution in [-0.4, -0.2) is 54.5 Å². The molecule has 0 aliphatic carbocycles. The molecule has 2 saturated heterocycles. The van der Waals surface area contributed by atoms with Gasteiger partial charge in [0.15, 0.2) is 11.6 Å². The van der Waals surface area contributed by atoms with Crippen LogP contribution in [0.3, 0.4) is 0 Å². The summed E-state index contributed by atoms with van der Waals surface area (Å²) in [5.74, 6) is -0.00473. The molecule has 2 N–H and O–H groups in total. The number of nitrogens with zero attached hydrogens (tertiary/aromatic N) is 3. The molecule has 8 nitrogen and oxygen atoms in total. The van der Waals surface area contributed by atoms with Crippen molar-refractivity contribution in [2.45, 2.75) is 19.9 Å². The van der Waals surface area contributed by atoms with E-state index in [0.29, 0.717) is 16.9 Å². The molecule has 0 radical (unpaired) electrons. The minimum absolute atomic E-state index is 0.401. The molecule has 0 saturated carbocycles. The fraction of sp³-hybridized carbons (Fsp3) is 0.471. The van der Waals surface area contributed by atoms with Crippen LogP contribution in [0.5, 0.6) is 0 Å². The van der Waals surface area contributed by atoms with Crippen molar-refractivity contribution in [3.63, 3.8) is 0 Å². The van der Waals surface area contributed by atoms with Crippen LogP contribution in [0.15, 0.2) is 16.5 Å². The van der Waals surface area contributed by atoms with Crippen molar-refractivity contribution >= 4 is 28.7 Å². The summed E-state index contributed by atoms with van der Waals surface area (Å²) in [6.07, 6.45) is 0. The molecule has 4 heterocycles. The first-order valence-corrected chi connectivity index (χ1v) is 8.55. The van der Waals surface area contributed by atoms with Crippen molar-refractivity contribution in [2.75, 3.05) is 37.6 Å². The molecule has 8 heteroatoms. The van der Waals surface area contributed by atoms with E-state index in [-0.39, 0.29) is 0 Å². The van der Waals surface area contributed by atoms with Gasteiger partial charge in [0.1, 0.15) is 11.3 Å². The normalized spacial score (nSPS) is 21.7. The van der Waals surface area contributed by atoms with Gasteiger partial charge in [-0.1, -0.05) is 6.92 Å². The molecule has 1 atom stereocenters. The van der Waals surface area contributed by atoms with Gasteiger partial charge in [-0.25, -0.2) is 9.78 Å². The second-order valence-corrected chi connectivity index (χ2v) is 6.44. The van der Waals surface area contributed by atoms with Crippen LogP contribution in [-0.2, 0) is 4.79 Å². The van der Waals surface area contributed by atoms with Crippen molar-refractivity contribution in [3.8, 4) is 0 Å². The van der Waals surface area contributed by atoms with Crippen LogP contribution in [0.1, 0.15) is 24.4 Å². The minimum atomic E-state index is -0.793. The number of furan rings is 1. The lowest BCUT2D eigenvalue weighted by Gasteiger charge is -2.35. The average molecular weight is 343 g/mol. The first-order chi connectivity index (χ1) is 12.0. The number of piperazine rings is 1. The number of imide groups is 1. The highest BCUT2D eigenvalue weighted by Crippen LogP contribution is 2.30. The largest absolute Gasteiger partial charge is 0.457 e. The van der Waals surface area contributed by atoms with E-state index < -0.39 is 18.0 Å². The maximum Gasteiger partial charge on any atom is 0.322 e. The van der Waals surface area contributed by atoms with Crippen molar-refractivity contribution < 1.29 is 14.0 Å². The Labute approximate surface area is 145 Å². The lowest BCUT2D eigenvalue weighted by atomic mass is 10.2. The van der Waals surface area contributed by atoms with E-state index in [1.54, 1.807) is 6.07 Å². The fourth-order valence-electron chi connectivity index (χ4n) is 3.46. The number of hydrogen-bond acceptors (Lipinski definition) is 6. The summed E-state index contributed by atoms with van der Waals surface area (Å²) < 4.78 is 5.82. The number of amides is 3. The number of aryl methyl sites for hydroxylation is 1. The Morgan fingerprint density at radius 2 is 2.00 bits per heavy atom. The summed E-state index contributed by atoms with van der Waals surface area (Å²) in [6.45, 7) is 9.21. The maximum atomic E-state index is 11.8. The molecule has 0 bridgehead atoms. The van der Waals surface area contributed by atoms with Crippen LogP contribution in [0.2, 0.25) is 0 Å². The quantitative estimate of drug-likeness (QED) is 0.813. The molecule has 0 unspecified atom stereocenters. The highest BCUT2D eigenvalue weighted by Gasteiger charge is 2.34. The molecule has 2 aliphatic heterocycles. The average Bonchev–Trinajstić information content (AvgIpc) is 3.16. The number of urea groups is 1. The Morgan fingerprint density at radius 1 is 1.24 bits per heavy atom. The molecule has 2 aromatic heterocycles. The van der Waals surface area contributed by atoms with Crippen LogP contribution in [0.4, 0.5) is 10.5 Å². The Hall–Kier alpha value is -2.61. The lowest BCUT2D eigenvalue weighted by Crippen LogP contribution is -2.46. The van der Waals surface area contributed by atoms with Gasteiger partial charge in [-0.2, -0.15) is 0 Å². The number of likely N-dealkylation sites (N-methyl/N-ethyl adjacent to an activating group) is 1. The highest BCUT2D eigenvalue weighted by atomic mass is 16.3. The van der Waals surface area contributed by atoms with E-state index in [2.05, 4.69) is 32.3 Å². The van der Waals surface area contributed by atoms with E-state index in [1.807, 2.05) is 13.0 Å². The number of pyridine rings is 1. The second-order valence-electron chi connectivity index (χ2n) is 6.44. The Balaban J connectivity index is 1.63. The molecular weight excluding hydrogens is 322 g/mol. The van der Waals surface area contributed by atoms with Crippen LogP contribution < -0.4 is 15.5 Å². The number of anilines is 1. The molecule has 2 aliphatic rings. The van der Waals surface area contributed by atoms with Crippen LogP contribution >= 0.6 is 0 Å². The van der Waals surface area contributed by atoms with Gasteiger partial charge in [-0.3, -0.25) is 10.1 Å². The molecule has 25 heavy (non-hydrogen) atoms. The van der Waals surface area contributed by atoms with Gasteiger partial charge in [0, 0.05) is 38.3 Å². The van der Waals surface area contributed by atoms with Gasteiger partial charge in [0.25, 0.3) is 5.91 Å². The van der Waals surface area contributed by atoms with Gasteiger partial charge in [0.2, 0.25) is 0 Å². The van der Waals surface area contributed by atoms with Crippen LogP contribution in [0, 0.1) is 6.92 Å². The number of fused-ring (bicyclic) bond motifs is 1. The zero-order valence-corrected chi connectivity index (χ0v) is 14.3. The standard InChI is InChI=1S/C17H21N5O3/c1-3-21-4-6-22(7-5-21)12-9-13-11(18-10(12)2)8-14(25-13)15-16(23)20-17(24)19-15/h8-9,15H,3-7H2,1-2H3,(H2,19,20,23,24)/t15-/m1/s1. The fourth-order valence-corrected chi connectivity index (χ4v) is 3.46. The summed E-state index contributed by atoms with van der Waals surface area (Å²) >= 11 is 0. The first kappa shape index (κ1) is 15.9. The van der Waals surface area contributed by atoms with E-state index >= 15 is 0 Å². The van der Waals surface area contributed by atoms with Crippen LogP contribution in [0.25, 0.3) is 11.1 Å². The number of rotatable bonds is 3. The van der Waals surface area contributed by atoms with Crippen molar-refractivity contribution in [1.82, 2.24) is 20.5 Å². The number of hydrogen-bond donors (Lipinski definition) is 2. The molecule has 0 aromatic carbocycles. The third kappa shape index (κ3) is 2.82. The molecule has 3 amide bonds. The molecule has 2 aromatic rings. The lowest BCUT2D eigenvalue weighted by molar-refractivity contribution is -0.120. The summed E-state index contributed by atoms with van der Waals surface area (Å²) in [4.78, 5) is 32.5. The first-order valence-electron chi connectivity index (χ1n) is 8.55. The predicted molar refractivity (Wildman–Crippen MR) is 92.5 cm³/mol. The van der Waals surface area contributed by atoms with Gasteiger partial charge in [0.05, 0.1) is 11.4 Å². The Morgan fingerprint density at radius 3 is 2.64 bits per heavy atom. The summed E-state index contributed by atoms with van der Waals surface area (Å²) in [5.41, 5.74) is 3.31. The second kappa shape index (κ2) is 6.03. The maximum absolute atomic E-state index is 11.8. The van der Waals surface area contributed by atoms with Gasteiger partial charge >= 0.3 is 6.03 Å². The highest BCUT2D eigenvalue weighted by molar-refractivity contribution is 6.04. The smallest absolute Gasteiger partial charge is 0.322 e. The summed E-state index contributed by atoms with van der Waals surface area (Å²) in [7, 11) is 0. The number of carbonyl (C=O) groups is 2. The van der Waals surface area contributed by atoms with E-state index in [4.69, 9.17) is 4.42 Å². The van der Waals surface area contributed by atoms with E-state index in [0.717, 1.165) is 44.1 Å². The Bertz CT molecular complexity index is 838. The topological polar surface area (TPSA) is 90.7 Å². The van der Waals surface area contributed by atoms with Crippen molar-refractivity contribution in [1.29, 1.82) is 0 Å². The zero-order chi connectivity index (χ0) is 17.6. The minimum Gasteiger partial charge on any atom is -0.457 e. The molecular formula is C17H21N5O3. The summed E-state index contributed by atoms with van der Waals surface area (Å²) in [6, 6.07) is 2.40. The van der Waals surface area contributed by atoms with Crippen molar-refractivity contribution in [2.24, 2.45) is 0 Å². The van der Waals surface area contributed by atoms with E-state index in [9.17, 15) is 9.59 Å². The monoisotopic (exact) mass is 343 g/mol. The predicted octanol–water partition coefficient (Wildman–Crippen LogP) is 1.16. The Kier molecular flexibility index (Phi) is 3.84. The SMILES string of the molecule is CCN1CCN(c2cc3oc([C@H]4NC(=O)NC4=O)cc3nc2C)CC1. The third-order valence-corrected chi connectivity index (χ3v) is 4.90. The van der Waals surface area contributed by atoms with Gasteiger partial charge in [-0.05, 0) is 13.5 Å². The molecule has 132 valence electrons. The molecule has 2 fully saturated rings. The number of aromatic nitrogens is 1. The zero-order valence-electron chi connectivity index (χ0n) is 14.3. The number of carbonyl (C=O) groups excluding carboxylic acids is 2. The van der Waals surface area contributed by atoms with Crippen molar-refractivity contribution in [3.05, 3.63) is 23.6 Å². The van der Waals surface area contributed by atoms with Gasteiger partial charge < -0.3 is 19.5 Å².